The van der Waals surface area contributed by atoms with Crippen LogP contribution in [-0.4, -0.2) is 55.9 Å². The summed E-state index contributed by atoms with van der Waals surface area (Å²) in [7, 11) is 1.51. The van der Waals surface area contributed by atoms with Crippen LogP contribution >= 0.6 is 11.6 Å². The van der Waals surface area contributed by atoms with Crippen molar-refractivity contribution in [2.45, 2.75) is 6.04 Å². The third-order valence-corrected chi connectivity index (χ3v) is 5.00. The van der Waals surface area contributed by atoms with E-state index in [4.69, 9.17) is 21.1 Å². The lowest BCUT2D eigenvalue weighted by molar-refractivity contribution is 0.0162. The predicted molar refractivity (Wildman–Crippen MR) is 104 cm³/mol. The van der Waals surface area contributed by atoms with Gasteiger partial charge in [-0.15, -0.1) is 0 Å². The zero-order chi connectivity index (χ0) is 19.2. The second-order valence-electron chi connectivity index (χ2n) is 6.28. The minimum Gasteiger partial charge on any atom is -0.507 e. The number of methoxy groups -OCH3 is 1. The molecule has 2 aromatic rings. The highest BCUT2D eigenvalue weighted by Crippen LogP contribution is 2.28. The molecule has 1 fully saturated rings. The molecule has 1 heterocycles. The number of amides is 1. The molecular formula is C20H23ClN2O4. The Balaban J connectivity index is 1.76. The maximum Gasteiger partial charge on any atom is 0.255 e. The number of hydrogen-bond acceptors (Lipinski definition) is 5. The molecule has 7 heteroatoms. The van der Waals surface area contributed by atoms with Gasteiger partial charge in [-0.05, 0) is 23.8 Å². The average Bonchev–Trinajstić information content (AvgIpc) is 2.70. The van der Waals surface area contributed by atoms with Crippen LogP contribution in [0, 0.1) is 0 Å². The summed E-state index contributed by atoms with van der Waals surface area (Å²) in [5.74, 6) is 0.0271. The van der Waals surface area contributed by atoms with Crippen LogP contribution in [-0.2, 0) is 4.74 Å². The molecule has 0 saturated carbocycles. The van der Waals surface area contributed by atoms with Crippen LogP contribution in [0.2, 0.25) is 5.02 Å². The molecule has 1 saturated heterocycles. The van der Waals surface area contributed by atoms with Crippen LogP contribution in [0.25, 0.3) is 0 Å². The SMILES string of the molecule is COc1ccc(C(=O)NCC(c2ccccc2Cl)N2CCOCC2)c(O)c1. The van der Waals surface area contributed by atoms with Crippen molar-refractivity contribution in [2.75, 3.05) is 40.0 Å². The number of benzene rings is 2. The molecule has 3 rings (SSSR count). The van der Waals surface area contributed by atoms with Gasteiger partial charge in [0.05, 0.1) is 31.9 Å². The van der Waals surface area contributed by atoms with E-state index in [9.17, 15) is 9.90 Å². The first kappa shape index (κ1) is 19.5. The molecular weight excluding hydrogens is 368 g/mol. The van der Waals surface area contributed by atoms with Gasteiger partial charge in [-0.2, -0.15) is 0 Å². The summed E-state index contributed by atoms with van der Waals surface area (Å²) in [4.78, 5) is 14.8. The van der Waals surface area contributed by atoms with E-state index in [-0.39, 0.29) is 23.3 Å². The molecule has 1 aliphatic heterocycles. The van der Waals surface area contributed by atoms with E-state index in [2.05, 4.69) is 10.2 Å². The van der Waals surface area contributed by atoms with E-state index in [1.54, 1.807) is 12.1 Å². The number of phenolic OH excluding ortho intramolecular Hbond substituents is 1. The van der Waals surface area contributed by atoms with Gasteiger partial charge in [-0.25, -0.2) is 0 Å². The fourth-order valence-corrected chi connectivity index (χ4v) is 3.45. The smallest absolute Gasteiger partial charge is 0.255 e. The van der Waals surface area contributed by atoms with Crippen molar-refractivity contribution >= 4 is 17.5 Å². The Kier molecular flexibility index (Phi) is 6.55. The van der Waals surface area contributed by atoms with Crippen molar-refractivity contribution < 1.29 is 19.4 Å². The highest BCUT2D eigenvalue weighted by Gasteiger charge is 2.25. The lowest BCUT2D eigenvalue weighted by Crippen LogP contribution is -2.44. The lowest BCUT2D eigenvalue weighted by atomic mass is 10.0. The molecule has 0 aliphatic carbocycles. The number of aromatic hydroxyl groups is 1. The summed E-state index contributed by atoms with van der Waals surface area (Å²) in [6.45, 7) is 3.19. The fraction of sp³-hybridized carbons (Fsp3) is 0.350. The van der Waals surface area contributed by atoms with Gasteiger partial charge in [0, 0.05) is 30.7 Å². The van der Waals surface area contributed by atoms with Crippen molar-refractivity contribution in [3.63, 3.8) is 0 Å². The van der Waals surface area contributed by atoms with Crippen LogP contribution in [0.4, 0.5) is 0 Å². The molecule has 27 heavy (non-hydrogen) atoms. The number of ether oxygens (including phenoxy) is 2. The second-order valence-corrected chi connectivity index (χ2v) is 6.69. The van der Waals surface area contributed by atoms with Gasteiger partial charge < -0.3 is 19.9 Å². The van der Waals surface area contributed by atoms with Gasteiger partial charge in [-0.1, -0.05) is 29.8 Å². The summed E-state index contributed by atoms with van der Waals surface area (Å²) in [5, 5.41) is 13.7. The number of hydrogen-bond donors (Lipinski definition) is 2. The van der Waals surface area contributed by atoms with Gasteiger partial charge in [0.1, 0.15) is 11.5 Å². The van der Waals surface area contributed by atoms with Crippen LogP contribution in [0.5, 0.6) is 11.5 Å². The first-order chi connectivity index (χ1) is 13.1. The highest BCUT2D eigenvalue weighted by atomic mass is 35.5. The summed E-state index contributed by atoms with van der Waals surface area (Å²) in [5.41, 5.74) is 1.16. The van der Waals surface area contributed by atoms with Crippen molar-refractivity contribution in [2.24, 2.45) is 0 Å². The van der Waals surface area contributed by atoms with Gasteiger partial charge in [-0.3, -0.25) is 9.69 Å². The molecule has 0 bridgehead atoms. The largest absolute Gasteiger partial charge is 0.507 e. The molecule has 6 nitrogen and oxygen atoms in total. The first-order valence-electron chi connectivity index (χ1n) is 8.81. The maximum atomic E-state index is 12.6. The topological polar surface area (TPSA) is 71.0 Å². The number of nitrogens with zero attached hydrogens (tertiary/aromatic N) is 1. The third-order valence-electron chi connectivity index (χ3n) is 4.66. The summed E-state index contributed by atoms with van der Waals surface area (Å²) in [6.07, 6.45) is 0. The normalized spacial score (nSPS) is 15.9. The van der Waals surface area contributed by atoms with E-state index >= 15 is 0 Å². The Morgan fingerprint density at radius 2 is 2.04 bits per heavy atom. The summed E-state index contributed by atoms with van der Waals surface area (Å²) in [6, 6.07) is 12.2. The van der Waals surface area contributed by atoms with Crippen molar-refractivity contribution in [3.05, 3.63) is 58.6 Å². The number of phenols is 1. The number of morpholine rings is 1. The monoisotopic (exact) mass is 390 g/mol. The Morgan fingerprint density at radius 3 is 2.70 bits per heavy atom. The standard InChI is InChI=1S/C20H23ClN2O4/c1-26-14-6-7-16(19(24)12-14)20(25)22-13-18(23-8-10-27-11-9-23)15-4-2-3-5-17(15)21/h2-7,12,18,24H,8-11,13H2,1H3,(H,22,25). The molecule has 144 valence electrons. The molecule has 0 spiro atoms. The summed E-state index contributed by atoms with van der Waals surface area (Å²) >= 11 is 6.40. The van der Waals surface area contributed by atoms with E-state index in [0.29, 0.717) is 30.5 Å². The first-order valence-corrected chi connectivity index (χ1v) is 9.19. The Hall–Kier alpha value is -2.28. The Bertz CT molecular complexity index is 793. The van der Waals surface area contributed by atoms with Crippen molar-refractivity contribution in [3.8, 4) is 11.5 Å². The van der Waals surface area contributed by atoms with Gasteiger partial charge in [0.25, 0.3) is 5.91 Å². The van der Waals surface area contributed by atoms with Gasteiger partial charge in [0.15, 0.2) is 0 Å². The van der Waals surface area contributed by atoms with E-state index < -0.39 is 0 Å². The van der Waals surface area contributed by atoms with E-state index in [0.717, 1.165) is 18.7 Å². The minimum absolute atomic E-state index is 0.0769. The number of halogens is 1. The van der Waals surface area contributed by atoms with Crippen LogP contribution in [0.15, 0.2) is 42.5 Å². The predicted octanol–water partition coefficient (Wildman–Crippen LogP) is 2.86. The van der Waals surface area contributed by atoms with Crippen LogP contribution in [0.1, 0.15) is 22.0 Å². The number of rotatable bonds is 6. The van der Waals surface area contributed by atoms with Gasteiger partial charge in [0.2, 0.25) is 0 Å². The number of carbonyl (C=O) groups excluding carboxylic acids is 1. The van der Waals surface area contributed by atoms with Crippen LogP contribution in [0.3, 0.4) is 0 Å². The molecule has 1 aliphatic rings. The lowest BCUT2D eigenvalue weighted by Gasteiger charge is -2.35. The second kappa shape index (κ2) is 9.08. The molecule has 1 amide bonds. The highest BCUT2D eigenvalue weighted by molar-refractivity contribution is 6.31. The molecule has 1 unspecified atom stereocenters. The third kappa shape index (κ3) is 4.71. The minimum atomic E-state index is -0.347. The number of nitrogens with one attached hydrogen (secondary N) is 1. The fourth-order valence-electron chi connectivity index (χ4n) is 3.19. The summed E-state index contributed by atoms with van der Waals surface area (Å²) < 4.78 is 10.5. The quantitative estimate of drug-likeness (QED) is 0.793. The molecule has 0 radical (unpaired) electrons. The van der Waals surface area contributed by atoms with Crippen molar-refractivity contribution in [1.29, 1.82) is 0 Å². The zero-order valence-corrected chi connectivity index (χ0v) is 15.9. The van der Waals surface area contributed by atoms with Crippen molar-refractivity contribution in [1.82, 2.24) is 10.2 Å². The molecule has 2 aromatic carbocycles. The average molecular weight is 391 g/mol. The molecule has 0 aromatic heterocycles. The maximum absolute atomic E-state index is 12.6. The molecule has 1 atom stereocenters. The van der Waals surface area contributed by atoms with Crippen LogP contribution < -0.4 is 10.1 Å². The number of carbonyl (C=O) groups is 1. The Labute approximate surface area is 163 Å². The van der Waals surface area contributed by atoms with E-state index in [1.165, 1.54) is 13.2 Å². The Morgan fingerprint density at radius 1 is 1.30 bits per heavy atom. The molecule has 2 N–H and O–H groups in total. The zero-order valence-electron chi connectivity index (χ0n) is 15.2. The van der Waals surface area contributed by atoms with Gasteiger partial charge >= 0.3 is 0 Å². The van der Waals surface area contributed by atoms with E-state index in [1.807, 2.05) is 24.3 Å².